The van der Waals surface area contributed by atoms with Gasteiger partial charge in [-0.25, -0.2) is 0 Å². The molecule has 0 radical (unpaired) electrons. The number of esters is 3. The Morgan fingerprint density at radius 1 is 0.333 bits per heavy atom. The van der Waals surface area contributed by atoms with Crippen LogP contribution in [-0.2, 0) is 28.6 Å². The van der Waals surface area contributed by atoms with Crippen molar-refractivity contribution in [3.05, 3.63) is 72.9 Å². The largest absolute Gasteiger partial charge is 0.462 e. The molecule has 0 aliphatic rings. The van der Waals surface area contributed by atoms with Crippen LogP contribution in [0.2, 0.25) is 0 Å². The molecule has 0 rings (SSSR count). The number of hydrogen-bond acceptors (Lipinski definition) is 6. The molecule has 0 aliphatic carbocycles. The molecule has 0 saturated heterocycles. The summed E-state index contributed by atoms with van der Waals surface area (Å²) in [5, 5.41) is 0. The van der Waals surface area contributed by atoms with Crippen LogP contribution in [-0.4, -0.2) is 37.2 Å². The van der Waals surface area contributed by atoms with Gasteiger partial charge in [-0.3, -0.25) is 14.4 Å². The van der Waals surface area contributed by atoms with Crippen LogP contribution < -0.4 is 0 Å². The van der Waals surface area contributed by atoms with Crippen molar-refractivity contribution >= 4 is 17.9 Å². The molecule has 0 aromatic rings. The Hall–Kier alpha value is -3.15. The Kier molecular flexibility index (Phi) is 48.9. The van der Waals surface area contributed by atoms with Gasteiger partial charge in [0.2, 0.25) is 0 Å². The number of ether oxygens (including phenoxy) is 3. The van der Waals surface area contributed by atoms with Crippen LogP contribution >= 0.6 is 0 Å². The van der Waals surface area contributed by atoms with E-state index in [-0.39, 0.29) is 31.1 Å². The van der Waals surface area contributed by atoms with Crippen LogP contribution in [0.4, 0.5) is 0 Å². The van der Waals surface area contributed by atoms with E-state index in [1.54, 1.807) is 0 Å². The molecule has 0 aromatic heterocycles. The Bertz CT molecular complexity index is 1190. The first-order valence-corrected chi connectivity index (χ1v) is 26.5. The highest BCUT2D eigenvalue weighted by molar-refractivity contribution is 5.71. The quantitative estimate of drug-likeness (QED) is 0.0199. The Morgan fingerprint density at radius 2 is 0.635 bits per heavy atom. The lowest BCUT2D eigenvalue weighted by atomic mass is 10.1. The van der Waals surface area contributed by atoms with Gasteiger partial charge in [-0.15, -0.1) is 0 Å². The van der Waals surface area contributed by atoms with Gasteiger partial charge in [-0.1, -0.05) is 216 Å². The molecular formula is C57H98O6. The summed E-state index contributed by atoms with van der Waals surface area (Å²) in [7, 11) is 0. The van der Waals surface area contributed by atoms with Crippen molar-refractivity contribution in [1.82, 2.24) is 0 Å². The number of carbonyl (C=O) groups is 3. The van der Waals surface area contributed by atoms with E-state index in [0.29, 0.717) is 19.3 Å². The minimum atomic E-state index is -0.792. The van der Waals surface area contributed by atoms with Crippen molar-refractivity contribution in [2.45, 2.75) is 258 Å². The van der Waals surface area contributed by atoms with Crippen LogP contribution in [0.3, 0.4) is 0 Å². The summed E-state index contributed by atoms with van der Waals surface area (Å²) >= 11 is 0. The van der Waals surface area contributed by atoms with E-state index in [0.717, 1.165) is 96.3 Å². The fourth-order valence-corrected chi connectivity index (χ4v) is 7.25. The van der Waals surface area contributed by atoms with Crippen LogP contribution in [0.5, 0.6) is 0 Å². The summed E-state index contributed by atoms with van der Waals surface area (Å²) in [5.41, 5.74) is 0. The van der Waals surface area contributed by atoms with Crippen molar-refractivity contribution in [2.24, 2.45) is 0 Å². The zero-order valence-corrected chi connectivity index (χ0v) is 41.3. The summed E-state index contributed by atoms with van der Waals surface area (Å²) in [6, 6.07) is 0. The van der Waals surface area contributed by atoms with Crippen molar-refractivity contribution in [3.63, 3.8) is 0 Å². The SMILES string of the molecule is CC\C=C/C=C\C=C/CCCCCCCC(=O)OC(COC(=O)CCCCC/C=C\CCCCCCCC)COC(=O)CCCCCCCCCCCC/C=C\C=C/CCCCC. The minimum absolute atomic E-state index is 0.0903. The second kappa shape index (κ2) is 51.5. The first-order valence-electron chi connectivity index (χ1n) is 26.5. The topological polar surface area (TPSA) is 78.9 Å². The fraction of sp³-hybridized carbons (Fsp3) is 0.737. The zero-order valence-electron chi connectivity index (χ0n) is 41.3. The molecule has 63 heavy (non-hydrogen) atoms. The molecule has 6 nitrogen and oxygen atoms in total. The number of hydrogen-bond donors (Lipinski definition) is 0. The lowest BCUT2D eigenvalue weighted by Gasteiger charge is -2.18. The summed E-state index contributed by atoms with van der Waals surface area (Å²) in [4.78, 5) is 38.0. The van der Waals surface area contributed by atoms with Gasteiger partial charge in [0, 0.05) is 19.3 Å². The second-order valence-electron chi connectivity index (χ2n) is 17.5. The van der Waals surface area contributed by atoms with Crippen molar-refractivity contribution in [3.8, 4) is 0 Å². The first-order chi connectivity index (χ1) is 31.0. The maximum absolute atomic E-state index is 12.8. The molecule has 0 N–H and O–H groups in total. The number of unbranched alkanes of at least 4 members (excludes halogenated alkanes) is 27. The van der Waals surface area contributed by atoms with E-state index < -0.39 is 6.10 Å². The van der Waals surface area contributed by atoms with E-state index in [2.05, 4.69) is 93.7 Å². The monoisotopic (exact) mass is 879 g/mol. The highest BCUT2D eigenvalue weighted by Crippen LogP contribution is 2.15. The first kappa shape index (κ1) is 59.9. The molecule has 0 saturated carbocycles. The Balaban J connectivity index is 4.38. The minimum Gasteiger partial charge on any atom is -0.462 e. The molecule has 0 spiro atoms. The molecule has 6 heteroatoms. The van der Waals surface area contributed by atoms with Gasteiger partial charge in [0.25, 0.3) is 0 Å². The predicted molar refractivity (Wildman–Crippen MR) is 270 cm³/mol. The van der Waals surface area contributed by atoms with Gasteiger partial charge < -0.3 is 14.2 Å². The van der Waals surface area contributed by atoms with Gasteiger partial charge in [-0.2, -0.15) is 0 Å². The summed E-state index contributed by atoms with van der Waals surface area (Å²) in [6.45, 7) is 6.44. The lowest BCUT2D eigenvalue weighted by Crippen LogP contribution is -2.30. The van der Waals surface area contributed by atoms with Crippen molar-refractivity contribution < 1.29 is 28.6 Å². The van der Waals surface area contributed by atoms with Gasteiger partial charge in [0.1, 0.15) is 13.2 Å². The Labute approximate surface area is 389 Å². The standard InChI is InChI=1S/C57H98O6/c1-4-7-10-13-16-19-22-25-26-27-28-29-30-33-35-38-41-44-47-50-56(59)62-53-54(63-57(60)51-48-45-42-39-36-32-24-21-18-15-12-9-6-3)52-61-55(58)49-46-43-40-37-34-31-23-20-17-14-11-8-5-2/h9,12,15-16,18-19,21-22,24-25,31,34,54H,4-8,10-11,13-14,17,20,23,26-30,32-33,35-53H2,1-3H3/b12-9-,18-15-,19-16-,24-21-,25-22-,34-31-. The van der Waals surface area contributed by atoms with Crippen LogP contribution in [0.15, 0.2) is 72.9 Å². The van der Waals surface area contributed by atoms with Crippen LogP contribution in [0.25, 0.3) is 0 Å². The average Bonchev–Trinajstić information content (AvgIpc) is 3.28. The molecule has 0 aromatic carbocycles. The Morgan fingerprint density at radius 3 is 1.06 bits per heavy atom. The maximum Gasteiger partial charge on any atom is 0.306 e. The number of rotatable bonds is 47. The van der Waals surface area contributed by atoms with Gasteiger partial charge in [0.15, 0.2) is 6.10 Å². The highest BCUT2D eigenvalue weighted by atomic mass is 16.6. The van der Waals surface area contributed by atoms with E-state index in [9.17, 15) is 14.4 Å². The van der Waals surface area contributed by atoms with E-state index in [1.165, 1.54) is 116 Å². The molecular weight excluding hydrogens is 781 g/mol. The molecule has 0 aliphatic heterocycles. The van der Waals surface area contributed by atoms with Crippen molar-refractivity contribution in [2.75, 3.05) is 13.2 Å². The van der Waals surface area contributed by atoms with E-state index in [4.69, 9.17) is 14.2 Å². The van der Waals surface area contributed by atoms with Gasteiger partial charge in [-0.05, 0) is 89.9 Å². The normalized spacial score (nSPS) is 12.6. The molecule has 362 valence electrons. The third kappa shape index (κ3) is 49.7. The summed E-state index contributed by atoms with van der Waals surface area (Å²) in [6.07, 6.45) is 64.6. The maximum atomic E-state index is 12.8. The van der Waals surface area contributed by atoms with E-state index >= 15 is 0 Å². The van der Waals surface area contributed by atoms with E-state index in [1.807, 2.05) is 0 Å². The smallest absolute Gasteiger partial charge is 0.306 e. The third-order valence-electron chi connectivity index (χ3n) is 11.3. The predicted octanol–water partition coefficient (Wildman–Crippen LogP) is 17.4. The fourth-order valence-electron chi connectivity index (χ4n) is 7.25. The van der Waals surface area contributed by atoms with Gasteiger partial charge in [0.05, 0.1) is 0 Å². The number of carbonyl (C=O) groups excluding carboxylic acids is 3. The van der Waals surface area contributed by atoms with Crippen LogP contribution in [0, 0.1) is 0 Å². The summed E-state index contributed by atoms with van der Waals surface area (Å²) < 4.78 is 16.8. The molecule has 0 heterocycles. The number of allylic oxidation sites excluding steroid dienone is 12. The molecule has 0 bridgehead atoms. The second-order valence-corrected chi connectivity index (χ2v) is 17.5. The third-order valence-corrected chi connectivity index (χ3v) is 11.3. The molecule has 1 atom stereocenters. The zero-order chi connectivity index (χ0) is 45.8. The average molecular weight is 879 g/mol. The molecule has 0 fully saturated rings. The molecule has 1 unspecified atom stereocenters. The molecule has 0 amide bonds. The van der Waals surface area contributed by atoms with Gasteiger partial charge >= 0.3 is 17.9 Å². The van der Waals surface area contributed by atoms with Crippen molar-refractivity contribution in [1.29, 1.82) is 0 Å². The highest BCUT2D eigenvalue weighted by Gasteiger charge is 2.19. The lowest BCUT2D eigenvalue weighted by molar-refractivity contribution is -0.167. The summed E-state index contributed by atoms with van der Waals surface area (Å²) in [5.74, 6) is -0.929. The van der Waals surface area contributed by atoms with Crippen LogP contribution in [0.1, 0.15) is 252 Å².